The summed E-state index contributed by atoms with van der Waals surface area (Å²) in [5, 5.41) is 0. The largest absolute Gasteiger partial charge is 0.232 e. The van der Waals surface area contributed by atoms with E-state index in [2.05, 4.69) is 31.5 Å². The van der Waals surface area contributed by atoms with Crippen LogP contribution in [-0.2, 0) is 0 Å². The quantitative estimate of drug-likeness (QED) is 0.410. The number of hydrogen-bond acceptors (Lipinski definition) is 0. The van der Waals surface area contributed by atoms with Gasteiger partial charge in [-0.05, 0) is 12.5 Å². The Morgan fingerprint density at radius 1 is 1.50 bits per heavy atom. The van der Waals surface area contributed by atoms with E-state index in [-0.39, 0.29) is 0 Å². The van der Waals surface area contributed by atoms with Crippen LogP contribution in [0.5, 0.6) is 0 Å². The van der Waals surface area contributed by atoms with Crippen molar-refractivity contribution in [2.24, 2.45) is 0 Å². The molecule has 1 aliphatic rings. The van der Waals surface area contributed by atoms with E-state index in [0.29, 0.717) is 0 Å². The minimum atomic E-state index is 1.12. The Balaban J connectivity index is 2.79. The van der Waals surface area contributed by atoms with Gasteiger partial charge < -0.3 is 0 Å². The van der Waals surface area contributed by atoms with Gasteiger partial charge in [0.15, 0.2) is 12.3 Å². The molecule has 0 aromatic rings. The molecule has 0 fully saturated rings. The molecule has 0 radical (unpaired) electrons. The first-order valence-corrected chi connectivity index (χ1v) is 2.92. The Hall–Kier alpha value is -0.590. The van der Waals surface area contributed by atoms with Crippen LogP contribution in [0.3, 0.4) is 0 Å². The molecule has 1 nitrogen and oxygen atoms in total. The predicted octanol–water partition coefficient (Wildman–Crippen LogP) is 1.05. The minimum absolute atomic E-state index is 1.12. The summed E-state index contributed by atoms with van der Waals surface area (Å²) in [7, 11) is 2.11. The Morgan fingerprint density at radius 2 is 2.12 bits per heavy atom. The zero-order valence-electron chi connectivity index (χ0n) is 5.73. The second-order valence-corrected chi connectivity index (χ2v) is 2.49. The van der Waals surface area contributed by atoms with Gasteiger partial charge in [-0.1, -0.05) is 0 Å². The second-order valence-electron chi connectivity index (χ2n) is 2.49. The minimum Gasteiger partial charge on any atom is -0.232 e. The Bertz CT molecular complexity index is 163. The molecule has 0 aromatic heterocycles. The van der Waals surface area contributed by atoms with Crippen molar-refractivity contribution in [1.29, 1.82) is 0 Å². The standard InChI is InChI=1S/C7H12N/c1-6-4-7(2)8(3)5-6/h4H,5H2,1-3H3/q+1. The van der Waals surface area contributed by atoms with Crippen molar-refractivity contribution < 1.29 is 4.58 Å². The van der Waals surface area contributed by atoms with Gasteiger partial charge in [-0.25, -0.2) is 4.58 Å². The van der Waals surface area contributed by atoms with E-state index < -0.39 is 0 Å². The van der Waals surface area contributed by atoms with Crippen LogP contribution in [0, 0.1) is 0 Å². The molecule has 0 atom stereocenters. The summed E-state index contributed by atoms with van der Waals surface area (Å²) in [5.41, 5.74) is 2.84. The molecule has 0 aromatic carbocycles. The first kappa shape index (κ1) is 5.54. The van der Waals surface area contributed by atoms with Crippen molar-refractivity contribution in [2.75, 3.05) is 13.6 Å². The summed E-state index contributed by atoms with van der Waals surface area (Å²) in [4.78, 5) is 0. The van der Waals surface area contributed by atoms with Crippen molar-refractivity contribution >= 4 is 5.71 Å². The molecule has 1 aliphatic heterocycles. The van der Waals surface area contributed by atoms with Gasteiger partial charge in [0.1, 0.15) is 7.05 Å². The van der Waals surface area contributed by atoms with Gasteiger partial charge in [0.25, 0.3) is 0 Å². The fourth-order valence-electron chi connectivity index (χ4n) is 1.01. The van der Waals surface area contributed by atoms with E-state index in [1.165, 1.54) is 11.3 Å². The first-order valence-electron chi connectivity index (χ1n) is 2.92. The van der Waals surface area contributed by atoms with E-state index in [4.69, 9.17) is 0 Å². The van der Waals surface area contributed by atoms with Gasteiger partial charge in [-0.15, -0.1) is 0 Å². The molecule has 1 heteroatoms. The van der Waals surface area contributed by atoms with E-state index in [1.54, 1.807) is 0 Å². The molecule has 0 saturated heterocycles. The summed E-state index contributed by atoms with van der Waals surface area (Å²) in [5.74, 6) is 0. The number of nitrogens with zero attached hydrogens (tertiary/aromatic N) is 1. The van der Waals surface area contributed by atoms with E-state index >= 15 is 0 Å². The van der Waals surface area contributed by atoms with Crippen LogP contribution < -0.4 is 0 Å². The maximum Gasteiger partial charge on any atom is 0.173 e. The Labute approximate surface area is 50.3 Å². The smallest absolute Gasteiger partial charge is 0.173 e. The van der Waals surface area contributed by atoms with Gasteiger partial charge in [0.05, 0.1) is 0 Å². The second kappa shape index (κ2) is 1.73. The van der Waals surface area contributed by atoms with Crippen LogP contribution >= 0.6 is 0 Å². The third-order valence-corrected chi connectivity index (χ3v) is 1.54. The van der Waals surface area contributed by atoms with Gasteiger partial charge in [-0.3, -0.25) is 0 Å². The summed E-state index contributed by atoms with van der Waals surface area (Å²) >= 11 is 0. The maximum absolute atomic E-state index is 2.25. The molecule has 1 heterocycles. The monoisotopic (exact) mass is 110 g/mol. The first-order chi connectivity index (χ1) is 3.70. The van der Waals surface area contributed by atoms with Crippen molar-refractivity contribution in [1.82, 2.24) is 0 Å². The summed E-state index contributed by atoms with van der Waals surface area (Å²) < 4.78 is 2.25. The molecule has 44 valence electrons. The van der Waals surface area contributed by atoms with Crippen LogP contribution in [-0.4, -0.2) is 23.9 Å². The highest BCUT2D eigenvalue weighted by Crippen LogP contribution is 2.00. The fraction of sp³-hybridized carbons (Fsp3) is 0.571. The highest BCUT2D eigenvalue weighted by Gasteiger charge is 2.10. The van der Waals surface area contributed by atoms with E-state index in [1.807, 2.05) is 0 Å². The van der Waals surface area contributed by atoms with Crippen molar-refractivity contribution in [3.05, 3.63) is 11.6 Å². The molecule has 0 unspecified atom stereocenters. The van der Waals surface area contributed by atoms with E-state index in [0.717, 1.165) is 6.54 Å². The normalized spacial score (nSPS) is 19.6. The van der Waals surface area contributed by atoms with Gasteiger partial charge in [0.2, 0.25) is 0 Å². The lowest BCUT2D eigenvalue weighted by atomic mass is 10.3. The number of rotatable bonds is 0. The fourth-order valence-corrected chi connectivity index (χ4v) is 1.01. The molecular weight excluding hydrogens is 98.1 g/mol. The highest BCUT2D eigenvalue weighted by molar-refractivity contribution is 5.90. The molecule has 0 N–H and O–H groups in total. The van der Waals surface area contributed by atoms with E-state index in [9.17, 15) is 0 Å². The lowest BCUT2D eigenvalue weighted by molar-refractivity contribution is -0.484. The zero-order chi connectivity index (χ0) is 6.15. The topological polar surface area (TPSA) is 3.01 Å². The summed E-state index contributed by atoms with van der Waals surface area (Å²) in [6, 6.07) is 0. The highest BCUT2D eigenvalue weighted by atomic mass is 15.0. The Kier molecular flexibility index (Phi) is 1.20. The molecule has 8 heavy (non-hydrogen) atoms. The average Bonchev–Trinajstić information content (AvgIpc) is 1.85. The van der Waals surface area contributed by atoms with Gasteiger partial charge in [-0.2, -0.15) is 0 Å². The van der Waals surface area contributed by atoms with Crippen molar-refractivity contribution in [3.8, 4) is 0 Å². The van der Waals surface area contributed by atoms with Crippen molar-refractivity contribution in [2.45, 2.75) is 13.8 Å². The number of likely N-dealkylation sites (N-methyl/N-ethyl adjacent to an activating group) is 1. The predicted molar refractivity (Wildman–Crippen MR) is 35.5 cm³/mol. The molecule has 0 spiro atoms. The van der Waals surface area contributed by atoms with Gasteiger partial charge in [0, 0.05) is 13.0 Å². The van der Waals surface area contributed by atoms with Crippen molar-refractivity contribution in [3.63, 3.8) is 0 Å². The lowest BCUT2D eigenvalue weighted by Crippen LogP contribution is -2.07. The molecule has 1 rings (SSSR count). The molecular formula is C7H12N+. The third-order valence-electron chi connectivity index (χ3n) is 1.54. The molecule has 0 bridgehead atoms. The van der Waals surface area contributed by atoms with Crippen LogP contribution in [0.1, 0.15) is 13.8 Å². The lowest BCUT2D eigenvalue weighted by Gasteiger charge is -1.86. The molecule has 0 saturated carbocycles. The average molecular weight is 110 g/mol. The third kappa shape index (κ3) is 0.808. The number of allylic oxidation sites excluding steroid dienone is 1. The summed E-state index contributed by atoms with van der Waals surface area (Å²) in [6.45, 7) is 5.41. The van der Waals surface area contributed by atoms with Crippen LogP contribution in [0.4, 0.5) is 0 Å². The summed E-state index contributed by atoms with van der Waals surface area (Å²) in [6.07, 6.45) is 2.22. The zero-order valence-corrected chi connectivity index (χ0v) is 5.73. The Morgan fingerprint density at radius 3 is 2.25 bits per heavy atom. The van der Waals surface area contributed by atoms with Gasteiger partial charge >= 0.3 is 0 Å². The molecule has 0 aliphatic carbocycles. The van der Waals surface area contributed by atoms with Crippen LogP contribution in [0.2, 0.25) is 0 Å². The van der Waals surface area contributed by atoms with Crippen LogP contribution in [0.25, 0.3) is 0 Å². The number of hydrogen-bond donors (Lipinski definition) is 0. The SMILES string of the molecule is CC1=CC(C)=[N+](C)C1. The molecule has 0 amide bonds. The maximum atomic E-state index is 2.25. The van der Waals surface area contributed by atoms with Crippen LogP contribution in [0.15, 0.2) is 11.6 Å².